The van der Waals surface area contributed by atoms with Crippen molar-refractivity contribution in [2.45, 2.75) is 59.2 Å². The van der Waals surface area contributed by atoms with E-state index in [9.17, 15) is 14.7 Å². The Labute approximate surface area is 197 Å². The Balaban J connectivity index is 2.06. The van der Waals surface area contributed by atoms with Gasteiger partial charge in [0.05, 0.1) is 11.1 Å². The van der Waals surface area contributed by atoms with Gasteiger partial charge in [-0.3, -0.25) is 9.59 Å². The van der Waals surface area contributed by atoms with E-state index < -0.39 is 29.4 Å². The van der Waals surface area contributed by atoms with Gasteiger partial charge in [0.25, 0.3) is 0 Å². The second kappa shape index (κ2) is 12.2. The monoisotopic (exact) mass is 473 g/mol. The summed E-state index contributed by atoms with van der Waals surface area (Å²) in [6.45, 7) is 7.63. The Kier molecular flexibility index (Phi) is 9.61. The number of rotatable bonds is 10. The lowest BCUT2D eigenvalue weighted by atomic mass is 9.88. The number of carbonyl (C=O) groups excluding carboxylic acids is 2. The first-order chi connectivity index (χ1) is 15.7. The van der Waals surface area contributed by atoms with Crippen molar-refractivity contribution in [1.29, 1.82) is 5.53 Å². The molecule has 0 bridgehead atoms. The molecule has 5 N–H and O–H groups in total. The molecule has 0 aliphatic heterocycles. The number of aliphatic hydroxyl groups excluding tert-OH is 1. The SMILES string of the molecule is CCC[C@H](NC(=O)[C@@H](O)C(C)(C)C)C(=O)Nc1ncc(/C(=N/N=N)NCc2ccccc2)s1. The molecule has 0 spiro atoms. The highest BCUT2D eigenvalue weighted by Crippen LogP contribution is 2.21. The predicted molar refractivity (Wildman–Crippen MR) is 128 cm³/mol. The summed E-state index contributed by atoms with van der Waals surface area (Å²) in [5, 5.41) is 25.9. The topological polar surface area (TPSA) is 152 Å². The van der Waals surface area contributed by atoms with Crippen molar-refractivity contribution in [3.63, 3.8) is 0 Å². The molecule has 0 saturated heterocycles. The van der Waals surface area contributed by atoms with Gasteiger partial charge in [0.2, 0.25) is 11.8 Å². The average molecular weight is 474 g/mol. The fourth-order valence-corrected chi connectivity index (χ4v) is 3.62. The molecule has 2 rings (SSSR count). The van der Waals surface area contributed by atoms with Crippen molar-refractivity contribution in [2.24, 2.45) is 15.7 Å². The Morgan fingerprint density at radius 3 is 2.52 bits per heavy atom. The quantitative estimate of drug-likeness (QED) is 0.155. The van der Waals surface area contributed by atoms with Crippen LogP contribution < -0.4 is 16.0 Å². The number of aromatic nitrogens is 1. The Morgan fingerprint density at radius 1 is 1.21 bits per heavy atom. The molecule has 2 amide bonds. The minimum absolute atomic E-state index is 0.320. The van der Waals surface area contributed by atoms with Crippen LogP contribution in [0.4, 0.5) is 5.13 Å². The highest BCUT2D eigenvalue weighted by atomic mass is 32.1. The van der Waals surface area contributed by atoms with Gasteiger partial charge in [0.1, 0.15) is 12.1 Å². The van der Waals surface area contributed by atoms with Crippen molar-refractivity contribution < 1.29 is 14.7 Å². The molecular formula is C22H31N7O3S. The van der Waals surface area contributed by atoms with Crippen molar-refractivity contribution >= 4 is 34.1 Å². The third kappa shape index (κ3) is 8.03. The van der Waals surface area contributed by atoms with Crippen LogP contribution in [0.2, 0.25) is 0 Å². The van der Waals surface area contributed by atoms with Crippen molar-refractivity contribution in [1.82, 2.24) is 15.6 Å². The van der Waals surface area contributed by atoms with Crippen LogP contribution in [0.1, 0.15) is 51.0 Å². The number of thiazole rings is 1. The van der Waals surface area contributed by atoms with Gasteiger partial charge in [-0.1, -0.05) is 81.0 Å². The molecule has 0 radical (unpaired) electrons. The van der Waals surface area contributed by atoms with Gasteiger partial charge in [-0.15, -0.1) is 5.10 Å². The van der Waals surface area contributed by atoms with Crippen LogP contribution in [0.3, 0.4) is 0 Å². The number of benzene rings is 1. The predicted octanol–water partition coefficient (Wildman–Crippen LogP) is 3.26. The van der Waals surface area contributed by atoms with Crippen LogP contribution in [0.25, 0.3) is 0 Å². The van der Waals surface area contributed by atoms with E-state index in [1.165, 1.54) is 17.5 Å². The highest BCUT2D eigenvalue weighted by Gasteiger charge is 2.32. The molecule has 1 aromatic heterocycles. The summed E-state index contributed by atoms with van der Waals surface area (Å²) in [5.41, 5.74) is 7.47. The molecule has 0 aliphatic carbocycles. The van der Waals surface area contributed by atoms with Crippen molar-refractivity contribution in [2.75, 3.05) is 5.32 Å². The molecule has 0 unspecified atom stereocenters. The lowest BCUT2D eigenvalue weighted by Gasteiger charge is -2.26. The van der Waals surface area contributed by atoms with E-state index in [0.717, 1.165) is 5.56 Å². The van der Waals surface area contributed by atoms with E-state index in [2.05, 4.69) is 31.3 Å². The van der Waals surface area contributed by atoms with Gasteiger partial charge >= 0.3 is 0 Å². The normalized spacial score (nSPS) is 13.7. The Hall–Kier alpha value is -3.18. The number of aliphatic hydroxyl groups is 1. The number of nitrogens with zero attached hydrogens (tertiary/aromatic N) is 3. The van der Waals surface area contributed by atoms with Crippen LogP contribution in [0.5, 0.6) is 0 Å². The van der Waals surface area contributed by atoms with Gasteiger partial charge < -0.3 is 21.1 Å². The van der Waals surface area contributed by atoms with Gasteiger partial charge in [-0.25, -0.2) is 4.98 Å². The van der Waals surface area contributed by atoms with Crippen LogP contribution in [0.15, 0.2) is 46.9 Å². The second-order valence-electron chi connectivity index (χ2n) is 8.53. The first-order valence-electron chi connectivity index (χ1n) is 10.6. The van der Waals surface area contributed by atoms with E-state index in [1.807, 2.05) is 37.3 Å². The first kappa shape index (κ1) is 26.1. The summed E-state index contributed by atoms with van der Waals surface area (Å²) in [6, 6.07) is 8.89. The third-order valence-electron chi connectivity index (χ3n) is 4.70. The summed E-state index contributed by atoms with van der Waals surface area (Å²) >= 11 is 1.17. The summed E-state index contributed by atoms with van der Waals surface area (Å²) in [4.78, 5) is 30.0. The Bertz CT molecular complexity index is 970. The van der Waals surface area contributed by atoms with E-state index in [4.69, 9.17) is 5.53 Å². The molecular weight excluding hydrogens is 442 g/mol. The number of hydrogen-bond donors (Lipinski definition) is 5. The van der Waals surface area contributed by atoms with Gasteiger partial charge in [0.15, 0.2) is 11.0 Å². The standard InChI is InChI=1S/C22H31N7O3S/c1-5-9-15(26-20(32)17(30)22(2,3)4)19(31)27-21-25-13-16(33-21)18(28-29-23)24-12-14-10-7-6-8-11-14/h6-8,10-11,13,15,17,30H,5,9,12H2,1-4H3,(H,26,32)(H2,23,24,28)(H,25,27,31)/t15-,17+/m0/s1. The number of hydrogen-bond acceptors (Lipinski definition) is 7. The van der Waals surface area contributed by atoms with Crippen LogP contribution in [0, 0.1) is 10.9 Å². The van der Waals surface area contributed by atoms with E-state index in [0.29, 0.717) is 35.2 Å². The van der Waals surface area contributed by atoms with Gasteiger partial charge in [0, 0.05) is 6.54 Å². The lowest BCUT2D eigenvalue weighted by molar-refractivity contribution is -0.137. The molecule has 11 heteroatoms. The summed E-state index contributed by atoms with van der Waals surface area (Å²) in [5.74, 6) is -0.654. The smallest absolute Gasteiger partial charge is 0.250 e. The first-order valence-corrected chi connectivity index (χ1v) is 11.4. The molecule has 1 aromatic carbocycles. The largest absolute Gasteiger partial charge is 0.383 e. The van der Waals surface area contributed by atoms with Crippen LogP contribution >= 0.6 is 11.3 Å². The molecule has 1 heterocycles. The maximum atomic E-state index is 12.8. The van der Waals surface area contributed by atoms with Crippen LogP contribution in [-0.4, -0.2) is 39.9 Å². The minimum atomic E-state index is -1.24. The van der Waals surface area contributed by atoms with Gasteiger partial charge in [-0.2, -0.15) is 5.53 Å². The van der Waals surface area contributed by atoms with Crippen molar-refractivity contribution in [3.8, 4) is 0 Å². The molecule has 0 saturated carbocycles. The second-order valence-corrected chi connectivity index (χ2v) is 9.56. The fourth-order valence-electron chi connectivity index (χ4n) is 2.84. The van der Waals surface area contributed by atoms with Gasteiger partial charge in [-0.05, 0) is 17.4 Å². The molecule has 10 nitrogen and oxygen atoms in total. The molecule has 2 aromatic rings. The number of amidine groups is 1. The maximum absolute atomic E-state index is 12.8. The van der Waals surface area contributed by atoms with Crippen molar-refractivity contribution in [3.05, 3.63) is 47.0 Å². The highest BCUT2D eigenvalue weighted by molar-refractivity contribution is 7.17. The zero-order valence-electron chi connectivity index (χ0n) is 19.3. The third-order valence-corrected chi connectivity index (χ3v) is 5.62. The fraction of sp³-hybridized carbons (Fsp3) is 0.455. The zero-order chi connectivity index (χ0) is 24.4. The summed E-state index contributed by atoms with van der Waals surface area (Å²) < 4.78 is 0. The maximum Gasteiger partial charge on any atom is 0.250 e. The lowest BCUT2D eigenvalue weighted by Crippen LogP contribution is -2.50. The van der Waals surface area contributed by atoms with E-state index in [-0.39, 0.29) is 0 Å². The number of anilines is 1. The number of carbonyl (C=O) groups is 2. The zero-order valence-corrected chi connectivity index (χ0v) is 20.1. The van der Waals surface area contributed by atoms with E-state index in [1.54, 1.807) is 20.8 Å². The molecule has 178 valence electrons. The molecule has 33 heavy (non-hydrogen) atoms. The minimum Gasteiger partial charge on any atom is -0.383 e. The molecule has 2 atom stereocenters. The van der Waals surface area contributed by atoms with Crippen LogP contribution in [-0.2, 0) is 16.1 Å². The number of nitrogens with one attached hydrogen (secondary N) is 4. The molecule has 0 aliphatic rings. The summed E-state index contributed by atoms with van der Waals surface area (Å²) in [7, 11) is 0. The number of amides is 2. The average Bonchev–Trinajstić information content (AvgIpc) is 3.24. The molecule has 0 fully saturated rings. The summed E-state index contributed by atoms with van der Waals surface area (Å²) in [6.07, 6.45) is 1.37. The Morgan fingerprint density at radius 2 is 1.91 bits per heavy atom. The van der Waals surface area contributed by atoms with E-state index >= 15 is 0 Å².